The van der Waals surface area contributed by atoms with Crippen LogP contribution in [0.3, 0.4) is 0 Å². The van der Waals surface area contributed by atoms with Gasteiger partial charge in [0.15, 0.2) is 0 Å². The van der Waals surface area contributed by atoms with Gasteiger partial charge in [0.2, 0.25) is 0 Å². The molecule has 1 unspecified atom stereocenters. The first kappa shape index (κ1) is 10.0. The molecule has 0 amide bonds. The molecule has 2 heteroatoms. The molecule has 0 radical (unpaired) electrons. The summed E-state index contributed by atoms with van der Waals surface area (Å²) in [6, 6.07) is 0. The third kappa shape index (κ3) is 3.11. The van der Waals surface area contributed by atoms with Crippen molar-refractivity contribution in [3.63, 3.8) is 0 Å². The van der Waals surface area contributed by atoms with Crippen LogP contribution in [0.25, 0.3) is 0 Å². The van der Waals surface area contributed by atoms with Gasteiger partial charge in [-0.3, -0.25) is 0 Å². The first-order chi connectivity index (χ1) is 5.72. The molecule has 12 heavy (non-hydrogen) atoms. The maximum Gasteiger partial charge on any atom is 0.0457 e. The largest absolute Gasteiger partial charge is 0.396 e. The molecule has 0 aromatic rings. The van der Waals surface area contributed by atoms with E-state index in [-0.39, 0.29) is 0 Å². The van der Waals surface area contributed by atoms with Gasteiger partial charge in [0.05, 0.1) is 0 Å². The Morgan fingerprint density at radius 2 is 2.33 bits per heavy atom. The molecular formula is C10H21NO. The highest BCUT2D eigenvalue weighted by Crippen LogP contribution is 2.15. The minimum absolute atomic E-state index is 0.337. The Hall–Kier alpha value is -0.0800. The molecule has 0 aromatic carbocycles. The summed E-state index contributed by atoms with van der Waals surface area (Å²) in [7, 11) is 0. The van der Waals surface area contributed by atoms with E-state index >= 15 is 0 Å². The summed E-state index contributed by atoms with van der Waals surface area (Å²) in [4.78, 5) is 2.51. The Bertz CT molecular complexity index is 127. The molecule has 1 N–H and O–H groups in total. The average molecular weight is 171 g/mol. The molecule has 1 fully saturated rings. The van der Waals surface area contributed by atoms with E-state index in [0.29, 0.717) is 12.5 Å². The molecular weight excluding hydrogens is 150 g/mol. The molecule has 2 atom stereocenters. The van der Waals surface area contributed by atoms with E-state index in [2.05, 4.69) is 18.7 Å². The van der Waals surface area contributed by atoms with Crippen molar-refractivity contribution in [2.24, 2.45) is 11.8 Å². The van der Waals surface area contributed by atoms with E-state index in [1.165, 1.54) is 26.1 Å². The van der Waals surface area contributed by atoms with Crippen molar-refractivity contribution >= 4 is 0 Å². The third-order valence-corrected chi connectivity index (χ3v) is 2.76. The van der Waals surface area contributed by atoms with Crippen LogP contribution < -0.4 is 0 Å². The Balaban J connectivity index is 2.07. The number of hydrogen-bond acceptors (Lipinski definition) is 2. The fourth-order valence-corrected chi connectivity index (χ4v) is 1.72. The van der Waals surface area contributed by atoms with Gasteiger partial charge in [-0.2, -0.15) is 0 Å². The van der Waals surface area contributed by atoms with Crippen molar-refractivity contribution in [2.45, 2.75) is 26.7 Å². The van der Waals surface area contributed by atoms with Crippen LogP contribution >= 0.6 is 0 Å². The summed E-state index contributed by atoms with van der Waals surface area (Å²) in [5, 5.41) is 8.84. The third-order valence-electron chi connectivity index (χ3n) is 2.76. The van der Waals surface area contributed by atoms with Crippen LogP contribution in [0.5, 0.6) is 0 Å². The second kappa shape index (κ2) is 4.83. The van der Waals surface area contributed by atoms with Crippen LogP contribution in [0.4, 0.5) is 0 Å². The number of rotatable bonds is 4. The second-order valence-electron chi connectivity index (χ2n) is 4.27. The molecule has 1 heterocycles. The molecule has 0 bridgehead atoms. The molecule has 2 nitrogen and oxygen atoms in total. The van der Waals surface area contributed by atoms with Crippen molar-refractivity contribution in [3.05, 3.63) is 0 Å². The second-order valence-corrected chi connectivity index (χ2v) is 4.27. The summed E-state index contributed by atoms with van der Waals surface area (Å²) in [6.45, 7) is 8.46. The van der Waals surface area contributed by atoms with E-state index in [4.69, 9.17) is 5.11 Å². The topological polar surface area (TPSA) is 23.5 Å². The highest BCUT2D eigenvalue weighted by Gasteiger charge is 2.18. The van der Waals surface area contributed by atoms with Crippen molar-refractivity contribution in [2.75, 3.05) is 26.2 Å². The predicted molar refractivity (Wildman–Crippen MR) is 51.1 cm³/mol. The summed E-state index contributed by atoms with van der Waals surface area (Å²) < 4.78 is 0. The average Bonchev–Trinajstić information content (AvgIpc) is 2.47. The Kier molecular flexibility index (Phi) is 4.02. The maximum absolute atomic E-state index is 8.84. The Morgan fingerprint density at radius 1 is 1.58 bits per heavy atom. The normalized spacial score (nSPS) is 27.8. The van der Waals surface area contributed by atoms with Crippen molar-refractivity contribution in [1.82, 2.24) is 4.90 Å². The maximum atomic E-state index is 8.84. The molecule has 1 aliphatic rings. The van der Waals surface area contributed by atoms with Gasteiger partial charge < -0.3 is 10.0 Å². The van der Waals surface area contributed by atoms with Gasteiger partial charge >= 0.3 is 0 Å². The van der Waals surface area contributed by atoms with Gasteiger partial charge in [0.25, 0.3) is 0 Å². The predicted octanol–water partition coefficient (Wildman–Crippen LogP) is 1.35. The lowest BCUT2D eigenvalue weighted by Gasteiger charge is -2.17. The molecule has 0 spiro atoms. The van der Waals surface area contributed by atoms with Crippen molar-refractivity contribution in [3.8, 4) is 0 Å². The van der Waals surface area contributed by atoms with Crippen molar-refractivity contribution < 1.29 is 5.11 Å². The number of aliphatic hydroxyl groups is 1. The van der Waals surface area contributed by atoms with Crippen molar-refractivity contribution in [1.29, 1.82) is 0 Å². The minimum atomic E-state index is 0.337. The lowest BCUT2D eigenvalue weighted by atomic mass is 10.1. The number of nitrogens with zero attached hydrogens (tertiary/aromatic N) is 1. The zero-order valence-corrected chi connectivity index (χ0v) is 8.29. The van der Waals surface area contributed by atoms with Gasteiger partial charge in [0, 0.05) is 13.2 Å². The molecule has 1 rings (SSSR count). The first-order valence-corrected chi connectivity index (χ1v) is 5.05. The van der Waals surface area contributed by atoms with Gasteiger partial charge in [-0.05, 0) is 37.8 Å². The van der Waals surface area contributed by atoms with E-state index in [1.54, 1.807) is 0 Å². The number of likely N-dealkylation sites (tertiary alicyclic amines) is 1. The van der Waals surface area contributed by atoms with Crippen LogP contribution in [0.2, 0.25) is 0 Å². The summed E-state index contributed by atoms with van der Waals surface area (Å²) in [5.41, 5.74) is 0. The van der Waals surface area contributed by atoms with E-state index in [9.17, 15) is 0 Å². The molecule has 1 saturated heterocycles. The zero-order chi connectivity index (χ0) is 8.97. The Morgan fingerprint density at radius 3 is 2.83 bits per heavy atom. The quantitative estimate of drug-likeness (QED) is 0.690. The summed E-state index contributed by atoms with van der Waals surface area (Å²) >= 11 is 0. The first-order valence-electron chi connectivity index (χ1n) is 5.05. The molecule has 0 aliphatic carbocycles. The Labute approximate surface area is 75.6 Å². The van der Waals surface area contributed by atoms with Crippen LogP contribution in [0.15, 0.2) is 0 Å². The smallest absolute Gasteiger partial charge is 0.0457 e. The zero-order valence-electron chi connectivity index (χ0n) is 8.29. The van der Waals surface area contributed by atoms with E-state index < -0.39 is 0 Å². The van der Waals surface area contributed by atoms with Crippen LogP contribution in [-0.4, -0.2) is 36.2 Å². The fraction of sp³-hybridized carbons (Fsp3) is 1.00. The molecule has 0 saturated carbocycles. The van der Waals surface area contributed by atoms with Gasteiger partial charge in [-0.25, -0.2) is 0 Å². The summed E-state index contributed by atoms with van der Waals surface area (Å²) in [5.74, 6) is 1.36. The highest BCUT2D eigenvalue weighted by molar-refractivity contribution is 4.72. The van der Waals surface area contributed by atoms with Crippen LogP contribution in [-0.2, 0) is 0 Å². The monoisotopic (exact) mass is 171 g/mol. The lowest BCUT2D eigenvalue weighted by molar-refractivity contribution is 0.210. The van der Waals surface area contributed by atoms with Gasteiger partial charge in [-0.15, -0.1) is 0 Å². The lowest BCUT2D eigenvalue weighted by Crippen LogP contribution is -2.23. The number of hydrogen-bond donors (Lipinski definition) is 1. The van der Waals surface area contributed by atoms with E-state index in [0.717, 1.165) is 12.3 Å². The molecule has 72 valence electrons. The summed E-state index contributed by atoms with van der Waals surface area (Å²) in [6.07, 6.45) is 2.50. The van der Waals surface area contributed by atoms with Gasteiger partial charge in [0.1, 0.15) is 0 Å². The number of aliphatic hydroxyl groups excluding tert-OH is 1. The molecule has 0 aromatic heterocycles. The fourth-order valence-electron chi connectivity index (χ4n) is 1.72. The van der Waals surface area contributed by atoms with Gasteiger partial charge in [-0.1, -0.05) is 13.8 Å². The SMILES string of the molecule is CC(CO)CCN1CC[C@@H](C)C1. The van der Waals surface area contributed by atoms with Crippen LogP contribution in [0, 0.1) is 11.8 Å². The highest BCUT2D eigenvalue weighted by atomic mass is 16.3. The standard InChI is InChI=1S/C10H21NO/c1-9-3-5-11(7-9)6-4-10(2)8-12/h9-10,12H,3-8H2,1-2H3/t9-,10?/m1/s1. The van der Waals surface area contributed by atoms with Crippen LogP contribution in [0.1, 0.15) is 26.7 Å². The molecule has 1 aliphatic heterocycles. The van der Waals surface area contributed by atoms with E-state index in [1.807, 2.05) is 0 Å². The minimum Gasteiger partial charge on any atom is -0.396 e.